The van der Waals surface area contributed by atoms with Crippen molar-refractivity contribution in [2.75, 3.05) is 20.8 Å². The zero-order chi connectivity index (χ0) is 33.1. The van der Waals surface area contributed by atoms with Crippen molar-refractivity contribution in [3.63, 3.8) is 0 Å². The van der Waals surface area contributed by atoms with Crippen LogP contribution in [0.3, 0.4) is 0 Å². The summed E-state index contributed by atoms with van der Waals surface area (Å²) in [7, 11) is 3.11. The molecule has 0 aliphatic carbocycles. The summed E-state index contributed by atoms with van der Waals surface area (Å²) in [5.74, 6) is 0.967. The first-order valence-electron chi connectivity index (χ1n) is 14.9. The van der Waals surface area contributed by atoms with E-state index in [0.717, 1.165) is 16.3 Å². The molecular weight excluding hydrogens is 614 g/mol. The van der Waals surface area contributed by atoms with E-state index in [4.69, 9.17) is 23.9 Å². The summed E-state index contributed by atoms with van der Waals surface area (Å²) in [5.41, 5.74) is 3.13. The van der Waals surface area contributed by atoms with Gasteiger partial charge in [-0.2, -0.15) is 5.26 Å². The molecule has 0 saturated heterocycles. The molecule has 0 fully saturated rings. The van der Waals surface area contributed by atoms with Crippen LogP contribution < -0.4 is 29.1 Å². The Bertz CT molecular complexity index is 2280. The van der Waals surface area contributed by atoms with E-state index in [9.17, 15) is 14.9 Å². The number of carbonyl (C=O) groups is 1. The molecule has 1 atom stereocenters. The van der Waals surface area contributed by atoms with Crippen molar-refractivity contribution in [2.45, 2.75) is 26.5 Å². The number of benzene rings is 4. The highest BCUT2D eigenvalue weighted by Crippen LogP contribution is 2.40. The third-order valence-electron chi connectivity index (χ3n) is 7.95. The first-order valence-corrected chi connectivity index (χ1v) is 15.7. The first kappa shape index (κ1) is 31.3. The number of nitrogens with zero attached hydrogens (tertiary/aromatic N) is 3. The lowest BCUT2D eigenvalue weighted by Crippen LogP contribution is -2.40. The van der Waals surface area contributed by atoms with Crippen molar-refractivity contribution in [3.05, 3.63) is 132 Å². The Balaban J connectivity index is 1.47. The topological polar surface area (TPSA) is 112 Å². The molecule has 1 aromatic heterocycles. The number of thiazole rings is 1. The van der Waals surface area contributed by atoms with E-state index in [-0.39, 0.29) is 24.3 Å². The Morgan fingerprint density at radius 2 is 1.74 bits per heavy atom. The number of allylic oxidation sites excluding steroid dienone is 1. The molecule has 10 heteroatoms. The van der Waals surface area contributed by atoms with Gasteiger partial charge >= 0.3 is 5.97 Å². The number of aromatic nitrogens is 1. The van der Waals surface area contributed by atoms with Gasteiger partial charge < -0.3 is 18.9 Å². The minimum absolute atomic E-state index is 0.172. The van der Waals surface area contributed by atoms with Crippen LogP contribution >= 0.6 is 11.3 Å². The SMILES string of the molecule is CCOC(=O)C1=C(C)N=c2s/c(=C/c3ccc(OCc4ccccc4C#N)c(OC)c3)c(=O)n2[C@H]1c1c(OC)ccc2ccccc12. The van der Waals surface area contributed by atoms with Crippen LogP contribution in [0.1, 0.15) is 42.1 Å². The molecule has 1 aliphatic rings. The number of hydrogen-bond donors (Lipinski definition) is 0. The van der Waals surface area contributed by atoms with Gasteiger partial charge in [0.05, 0.1) is 48.3 Å². The van der Waals surface area contributed by atoms with Gasteiger partial charge in [0.1, 0.15) is 18.4 Å². The molecule has 0 radical (unpaired) electrons. The predicted molar refractivity (Wildman–Crippen MR) is 179 cm³/mol. The summed E-state index contributed by atoms with van der Waals surface area (Å²) in [4.78, 5) is 32.9. The van der Waals surface area contributed by atoms with Crippen molar-refractivity contribution in [2.24, 2.45) is 4.99 Å². The van der Waals surface area contributed by atoms with Crippen molar-refractivity contribution in [1.29, 1.82) is 5.26 Å². The molecular formula is C37H31N3O6S. The van der Waals surface area contributed by atoms with E-state index in [2.05, 4.69) is 6.07 Å². The molecule has 0 bridgehead atoms. The van der Waals surface area contributed by atoms with Gasteiger partial charge in [0.15, 0.2) is 16.3 Å². The maximum absolute atomic E-state index is 14.3. The summed E-state index contributed by atoms with van der Waals surface area (Å²) < 4.78 is 24.9. The Morgan fingerprint density at radius 3 is 2.51 bits per heavy atom. The number of ether oxygens (including phenoxy) is 4. The van der Waals surface area contributed by atoms with E-state index in [0.29, 0.717) is 49.0 Å². The second kappa shape index (κ2) is 13.4. The van der Waals surface area contributed by atoms with Gasteiger partial charge in [0, 0.05) is 11.1 Å². The van der Waals surface area contributed by atoms with Gasteiger partial charge in [-0.1, -0.05) is 65.9 Å². The Hall–Kier alpha value is -5.66. The summed E-state index contributed by atoms with van der Waals surface area (Å²) in [5, 5.41) is 11.2. The molecule has 9 nitrogen and oxygen atoms in total. The molecule has 5 aromatic rings. The van der Waals surface area contributed by atoms with E-state index in [1.54, 1.807) is 63.0 Å². The van der Waals surface area contributed by atoms with Crippen LogP contribution in [0.2, 0.25) is 0 Å². The van der Waals surface area contributed by atoms with Gasteiger partial charge in [-0.05, 0) is 60.5 Å². The van der Waals surface area contributed by atoms with Gasteiger partial charge in [-0.3, -0.25) is 9.36 Å². The highest BCUT2D eigenvalue weighted by atomic mass is 32.1. The van der Waals surface area contributed by atoms with Gasteiger partial charge in [0.2, 0.25) is 0 Å². The zero-order valence-electron chi connectivity index (χ0n) is 26.3. The van der Waals surface area contributed by atoms with Crippen LogP contribution in [0, 0.1) is 11.3 Å². The minimum atomic E-state index is -0.838. The van der Waals surface area contributed by atoms with Crippen molar-refractivity contribution in [3.8, 4) is 23.3 Å². The normalized spacial score (nSPS) is 14.3. The Kier molecular flexibility index (Phi) is 8.91. The Morgan fingerprint density at radius 1 is 1.00 bits per heavy atom. The number of hydrogen-bond acceptors (Lipinski definition) is 9. The molecule has 0 unspecified atom stereocenters. The summed E-state index contributed by atoms with van der Waals surface area (Å²) in [6, 6.07) is 25.5. The summed E-state index contributed by atoms with van der Waals surface area (Å²) in [6.45, 7) is 3.86. The van der Waals surface area contributed by atoms with Crippen LogP contribution in [0.4, 0.5) is 0 Å². The zero-order valence-corrected chi connectivity index (χ0v) is 27.1. The minimum Gasteiger partial charge on any atom is -0.496 e. The second-order valence-electron chi connectivity index (χ2n) is 10.7. The van der Waals surface area contributed by atoms with Crippen LogP contribution in [0.25, 0.3) is 16.8 Å². The van der Waals surface area contributed by atoms with Crippen LogP contribution in [0.5, 0.6) is 17.2 Å². The van der Waals surface area contributed by atoms with Crippen LogP contribution in [-0.4, -0.2) is 31.4 Å². The van der Waals surface area contributed by atoms with Crippen molar-refractivity contribution in [1.82, 2.24) is 4.57 Å². The van der Waals surface area contributed by atoms with Crippen LogP contribution in [-0.2, 0) is 16.1 Å². The largest absolute Gasteiger partial charge is 0.496 e. The lowest BCUT2D eigenvalue weighted by molar-refractivity contribution is -0.139. The summed E-state index contributed by atoms with van der Waals surface area (Å²) in [6.07, 6.45) is 1.77. The van der Waals surface area contributed by atoms with E-state index >= 15 is 0 Å². The van der Waals surface area contributed by atoms with Crippen molar-refractivity contribution >= 4 is 34.2 Å². The number of rotatable bonds is 9. The van der Waals surface area contributed by atoms with Crippen molar-refractivity contribution < 1.29 is 23.7 Å². The molecule has 236 valence electrons. The van der Waals surface area contributed by atoms with Gasteiger partial charge in [-0.15, -0.1) is 0 Å². The van der Waals surface area contributed by atoms with Gasteiger partial charge in [0.25, 0.3) is 5.56 Å². The number of nitriles is 1. The van der Waals surface area contributed by atoms with E-state index in [1.165, 1.54) is 11.3 Å². The molecule has 47 heavy (non-hydrogen) atoms. The molecule has 0 amide bonds. The predicted octanol–water partition coefficient (Wildman–Crippen LogP) is 5.42. The third-order valence-corrected chi connectivity index (χ3v) is 8.93. The Labute approximate surface area is 274 Å². The second-order valence-corrected chi connectivity index (χ2v) is 11.7. The van der Waals surface area contributed by atoms with E-state index < -0.39 is 12.0 Å². The maximum Gasteiger partial charge on any atom is 0.338 e. The summed E-state index contributed by atoms with van der Waals surface area (Å²) >= 11 is 1.23. The number of esters is 1. The smallest absolute Gasteiger partial charge is 0.338 e. The quantitative estimate of drug-likeness (QED) is 0.197. The van der Waals surface area contributed by atoms with E-state index in [1.807, 2.05) is 54.6 Å². The van der Waals surface area contributed by atoms with Crippen LogP contribution in [0.15, 0.2) is 99.9 Å². The highest BCUT2D eigenvalue weighted by Gasteiger charge is 2.36. The lowest BCUT2D eigenvalue weighted by Gasteiger charge is -2.27. The molecule has 0 spiro atoms. The third kappa shape index (κ3) is 5.89. The first-order chi connectivity index (χ1) is 22.9. The number of methoxy groups -OCH3 is 2. The molecule has 0 N–H and O–H groups in total. The fraction of sp³-hybridized carbons (Fsp3) is 0.189. The average molecular weight is 646 g/mol. The fourth-order valence-electron chi connectivity index (χ4n) is 5.76. The molecule has 4 aromatic carbocycles. The molecule has 1 aliphatic heterocycles. The average Bonchev–Trinajstić information content (AvgIpc) is 3.40. The lowest BCUT2D eigenvalue weighted by atomic mass is 9.90. The number of carbonyl (C=O) groups excluding carboxylic acids is 1. The maximum atomic E-state index is 14.3. The molecule has 6 rings (SSSR count). The monoisotopic (exact) mass is 645 g/mol. The van der Waals surface area contributed by atoms with Gasteiger partial charge in [-0.25, -0.2) is 9.79 Å². The number of fused-ring (bicyclic) bond motifs is 2. The standard InChI is InChI=1S/C37H31N3O6S/c1-5-45-36(42)32-22(2)39-37-40(34(32)33-27-13-9-8-10-24(27)15-17-29(33)43-3)35(41)31(47-37)19-23-14-16-28(30(18-23)44-4)46-21-26-12-7-6-11-25(26)20-38/h6-19,34H,5,21H2,1-4H3/b31-19+/t34-/m1/s1. The molecule has 0 saturated carbocycles. The fourth-order valence-corrected chi connectivity index (χ4v) is 6.80. The highest BCUT2D eigenvalue weighted by molar-refractivity contribution is 7.07. The molecule has 2 heterocycles.